The summed E-state index contributed by atoms with van der Waals surface area (Å²) >= 11 is 0. The minimum Gasteiger partial charge on any atom is -0.465 e. The van der Waals surface area contributed by atoms with E-state index in [1.165, 1.54) is 4.90 Å². The van der Waals surface area contributed by atoms with Crippen LogP contribution in [0.5, 0.6) is 0 Å². The summed E-state index contributed by atoms with van der Waals surface area (Å²) in [5.41, 5.74) is 0. The molecule has 0 fully saturated rings. The van der Waals surface area contributed by atoms with Gasteiger partial charge in [-0.3, -0.25) is 0 Å². The zero-order valence-corrected chi connectivity index (χ0v) is 4.47. The SMILES string of the molecule is [2H]OC(=O)N(C)CC. The fourth-order valence-electron chi connectivity index (χ4n) is 0.129. The van der Waals surface area contributed by atoms with Crippen LogP contribution >= 0.6 is 0 Å². The third kappa shape index (κ3) is 2.03. The van der Waals surface area contributed by atoms with Gasteiger partial charge >= 0.3 is 6.09 Å². The van der Waals surface area contributed by atoms with Crippen LogP contribution in [-0.2, 0) is 0 Å². The van der Waals surface area contributed by atoms with Crippen molar-refractivity contribution in [3.63, 3.8) is 0 Å². The van der Waals surface area contributed by atoms with E-state index in [-0.39, 0.29) is 0 Å². The Kier molecular flexibility index (Phi) is 1.55. The van der Waals surface area contributed by atoms with Gasteiger partial charge in [-0.1, -0.05) is 0 Å². The molecule has 0 saturated carbocycles. The summed E-state index contributed by atoms with van der Waals surface area (Å²) in [7, 11) is 1.57. The molecule has 0 rings (SSSR count). The van der Waals surface area contributed by atoms with E-state index in [0.29, 0.717) is 6.54 Å². The topological polar surface area (TPSA) is 40.5 Å². The Balaban J connectivity index is 3.46. The first-order chi connectivity index (χ1) is 3.72. The molecule has 3 nitrogen and oxygen atoms in total. The lowest BCUT2D eigenvalue weighted by atomic mass is 10.7. The van der Waals surface area contributed by atoms with Crippen molar-refractivity contribution in [1.82, 2.24) is 4.90 Å². The first-order valence-electron chi connectivity index (χ1n) is 2.51. The lowest BCUT2D eigenvalue weighted by Gasteiger charge is -2.06. The second kappa shape index (κ2) is 2.44. The third-order valence-corrected chi connectivity index (χ3v) is 0.786. The molecule has 0 bridgehead atoms. The molecular formula is C4H9NO2. The number of nitrogens with zero attached hydrogens (tertiary/aromatic N) is 1. The van der Waals surface area contributed by atoms with Gasteiger partial charge in [-0.25, -0.2) is 4.79 Å². The minimum atomic E-state index is -0.618. The highest BCUT2D eigenvalue weighted by Crippen LogP contribution is 1.78. The third-order valence-electron chi connectivity index (χ3n) is 0.786. The molecule has 42 valence electrons. The molecule has 0 aliphatic carbocycles. The standard InChI is InChI=1S/C4H9NO2/c1-3-5(2)4(6)7/h3H2,1-2H3,(H,6,7)/i/hD. The van der Waals surface area contributed by atoms with Crippen molar-refractivity contribution in [2.24, 2.45) is 0 Å². The predicted molar refractivity (Wildman–Crippen MR) is 26.3 cm³/mol. The quantitative estimate of drug-likeness (QED) is 0.529. The zero-order valence-electron chi connectivity index (χ0n) is 5.47. The van der Waals surface area contributed by atoms with Gasteiger partial charge in [0.15, 0.2) is 0 Å². The molecule has 0 heterocycles. The zero-order chi connectivity index (χ0) is 6.57. The summed E-state index contributed by atoms with van der Waals surface area (Å²) in [6, 6.07) is 0. The van der Waals surface area contributed by atoms with Crippen LogP contribution in [0.1, 0.15) is 6.92 Å². The predicted octanol–water partition coefficient (Wildman–Crippen LogP) is 0.616. The van der Waals surface area contributed by atoms with E-state index < -0.39 is 6.09 Å². The van der Waals surface area contributed by atoms with Crippen LogP contribution < -0.4 is 0 Å². The van der Waals surface area contributed by atoms with Crippen LogP contribution in [0.2, 0.25) is 0 Å². The number of rotatable bonds is 1. The maximum absolute atomic E-state index is 10.3. The molecule has 0 aliphatic heterocycles. The van der Waals surface area contributed by atoms with Crippen molar-refractivity contribution in [1.29, 1.82) is 1.43 Å². The average Bonchev–Trinajstić information content (AvgIpc) is 1.84. The largest absolute Gasteiger partial charge is 0.465 e. The Labute approximate surface area is 44.0 Å². The van der Waals surface area contributed by atoms with Crippen LogP contribution in [-0.4, -0.2) is 29.7 Å². The first kappa shape index (κ1) is 4.43. The van der Waals surface area contributed by atoms with Crippen molar-refractivity contribution >= 4 is 6.09 Å². The van der Waals surface area contributed by atoms with Crippen molar-refractivity contribution in [2.45, 2.75) is 6.92 Å². The van der Waals surface area contributed by atoms with Gasteiger partial charge in [0.1, 0.15) is 0 Å². The average molecular weight is 104 g/mol. The summed E-state index contributed by atoms with van der Waals surface area (Å²) < 4.78 is 6.15. The van der Waals surface area contributed by atoms with E-state index in [4.69, 9.17) is 1.43 Å². The first-order valence-corrected chi connectivity index (χ1v) is 2.10. The number of carbonyl (C=O) groups is 1. The van der Waals surface area contributed by atoms with E-state index in [1.54, 1.807) is 14.0 Å². The van der Waals surface area contributed by atoms with Crippen LogP contribution in [0.4, 0.5) is 4.79 Å². The summed E-state index contributed by atoms with van der Waals surface area (Å²) in [5.74, 6) is 0. The van der Waals surface area contributed by atoms with E-state index in [0.717, 1.165) is 0 Å². The maximum atomic E-state index is 10.3. The molecule has 0 spiro atoms. The van der Waals surface area contributed by atoms with Crippen LogP contribution in [0, 0.1) is 0 Å². The smallest absolute Gasteiger partial charge is 0.407 e. The van der Waals surface area contributed by atoms with Gasteiger partial charge in [0, 0.05) is 13.6 Å². The molecule has 0 aromatic carbocycles. The summed E-state index contributed by atoms with van der Waals surface area (Å²) in [4.78, 5) is 11.6. The van der Waals surface area contributed by atoms with E-state index in [9.17, 15) is 4.79 Å². The highest BCUT2D eigenvalue weighted by atomic mass is 16.4. The molecule has 0 aromatic heterocycles. The molecule has 0 unspecified atom stereocenters. The molecule has 7 heavy (non-hydrogen) atoms. The van der Waals surface area contributed by atoms with Crippen molar-refractivity contribution in [2.75, 3.05) is 13.6 Å². The van der Waals surface area contributed by atoms with Gasteiger partial charge in [0.25, 0.3) is 1.43 Å². The van der Waals surface area contributed by atoms with Gasteiger partial charge in [0.05, 0.1) is 0 Å². The summed E-state index contributed by atoms with van der Waals surface area (Å²) in [5, 5.41) is 3.64. The molecule has 0 saturated heterocycles. The Morgan fingerprint density at radius 1 is 2.14 bits per heavy atom. The normalized spacial score (nSPS) is 9.71. The van der Waals surface area contributed by atoms with Crippen LogP contribution in [0.3, 0.4) is 0 Å². The molecule has 1 amide bonds. The van der Waals surface area contributed by atoms with Crippen LogP contribution in [0.15, 0.2) is 0 Å². The highest BCUT2D eigenvalue weighted by molar-refractivity contribution is 5.64. The molecule has 3 heteroatoms. The highest BCUT2D eigenvalue weighted by Gasteiger charge is 1.97. The number of hydrogen-bond acceptors (Lipinski definition) is 2. The second-order valence-corrected chi connectivity index (χ2v) is 1.28. The van der Waals surface area contributed by atoms with Crippen molar-refractivity contribution in [3.05, 3.63) is 0 Å². The van der Waals surface area contributed by atoms with Gasteiger partial charge in [-0.2, -0.15) is 0 Å². The van der Waals surface area contributed by atoms with E-state index >= 15 is 0 Å². The molecule has 0 aliphatic rings. The number of amides is 1. The lowest BCUT2D eigenvalue weighted by molar-refractivity contribution is 0.158. The van der Waals surface area contributed by atoms with Gasteiger partial charge in [-0.05, 0) is 6.92 Å². The van der Waals surface area contributed by atoms with E-state index in [2.05, 4.69) is 5.11 Å². The Morgan fingerprint density at radius 2 is 2.71 bits per heavy atom. The van der Waals surface area contributed by atoms with Gasteiger partial charge in [-0.15, -0.1) is 0 Å². The van der Waals surface area contributed by atoms with Crippen molar-refractivity contribution in [3.8, 4) is 0 Å². The monoisotopic (exact) mass is 104 g/mol. The fourth-order valence-corrected chi connectivity index (χ4v) is 0.129. The summed E-state index contributed by atoms with van der Waals surface area (Å²) in [6.07, 6.45) is -0.618. The van der Waals surface area contributed by atoms with Gasteiger partial charge < -0.3 is 10.0 Å². The molecule has 1 N–H and O–H groups in total. The van der Waals surface area contributed by atoms with Gasteiger partial charge in [0.2, 0.25) is 0 Å². The molecular weight excluding hydrogens is 94.0 g/mol. The molecule has 0 aromatic rings. The number of hydrogen-bond donors (Lipinski definition) is 1. The lowest BCUT2D eigenvalue weighted by Crippen LogP contribution is -2.23. The van der Waals surface area contributed by atoms with Crippen molar-refractivity contribution < 1.29 is 9.90 Å². The second-order valence-electron chi connectivity index (χ2n) is 1.28. The Morgan fingerprint density at radius 3 is 2.86 bits per heavy atom. The molecule has 0 atom stereocenters. The summed E-state index contributed by atoms with van der Waals surface area (Å²) in [6.45, 7) is 2.37. The Bertz CT molecular complexity index is 86.1. The van der Waals surface area contributed by atoms with E-state index in [1.807, 2.05) is 0 Å². The minimum absolute atomic E-state index is 0.567. The fraction of sp³-hybridized carbons (Fsp3) is 0.750. The Hall–Kier alpha value is -0.730. The molecule has 0 radical (unpaired) electrons. The van der Waals surface area contributed by atoms with Crippen LogP contribution in [0.25, 0.3) is 1.43 Å². The number of carboxylic acid groups (broad SMARTS) is 1. The maximum Gasteiger partial charge on any atom is 0.407 e.